The first kappa shape index (κ1) is 11.3. The van der Waals surface area contributed by atoms with Crippen LogP contribution in [0.25, 0.3) is 0 Å². The predicted octanol–water partition coefficient (Wildman–Crippen LogP) is 0.772. The number of hydrogen-bond donors (Lipinski definition) is 2. The number of hydrogen-bond acceptors (Lipinski definition) is 4. The molecule has 4 heteroatoms. The molecule has 0 radical (unpaired) electrons. The molecule has 15 heavy (non-hydrogen) atoms. The summed E-state index contributed by atoms with van der Waals surface area (Å²) in [6.45, 7) is 0.704. The second kappa shape index (κ2) is 4.78. The Hall–Kier alpha value is -0.160. The molecule has 0 unspecified atom stereocenters. The minimum absolute atomic E-state index is 0.0322. The van der Waals surface area contributed by atoms with Gasteiger partial charge in [-0.15, -0.1) is 0 Å². The van der Waals surface area contributed by atoms with Crippen LogP contribution in [0.15, 0.2) is 0 Å². The van der Waals surface area contributed by atoms with Crippen LogP contribution in [0, 0.1) is 0 Å². The Labute approximate surface area is 90.7 Å². The lowest BCUT2D eigenvalue weighted by Gasteiger charge is -2.32. The van der Waals surface area contributed by atoms with Crippen molar-refractivity contribution in [1.29, 1.82) is 0 Å². The van der Waals surface area contributed by atoms with Crippen LogP contribution in [0.4, 0.5) is 0 Å². The molecule has 0 aromatic heterocycles. The largest absolute Gasteiger partial charge is 0.396 e. The first-order valence-electron chi connectivity index (χ1n) is 5.94. The zero-order valence-corrected chi connectivity index (χ0v) is 9.15. The van der Waals surface area contributed by atoms with Crippen molar-refractivity contribution in [3.63, 3.8) is 0 Å². The van der Waals surface area contributed by atoms with E-state index in [0.717, 1.165) is 12.8 Å². The number of rotatable bonds is 3. The van der Waals surface area contributed by atoms with Crippen molar-refractivity contribution >= 4 is 0 Å². The van der Waals surface area contributed by atoms with Gasteiger partial charge < -0.3 is 20.3 Å². The molecule has 1 spiro atoms. The summed E-state index contributed by atoms with van der Waals surface area (Å²) in [4.78, 5) is 0. The molecule has 1 saturated carbocycles. The highest BCUT2D eigenvalue weighted by molar-refractivity contribution is 4.86. The topological polar surface area (TPSA) is 64.7 Å². The third-order valence-corrected chi connectivity index (χ3v) is 3.43. The summed E-state index contributed by atoms with van der Waals surface area (Å²) in [7, 11) is 0. The quantitative estimate of drug-likeness (QED) is 0.730. The molecule has 0 bridgehead atoms. The van der Waals surface area contributed by atoms with E-state index < -0.39 is 0 Å². The van der Waals surface area contributed by atoms with Gasteiger partial charge in [-0.05, 0) is 19.3 Å². The normalized spacial score (nSPS) is 32.0. The summed E-state index contributed by atoms with van der Waals surface area (Å²) in [5, 5.41) is 8.82. The maximum absolute atomic E-state index is 8.82. The van der Waals surface area contributed by atoms with Crippen molar-refractivity contribution in [2.45, 2.75) is 56.5 Å². The third-order valence-electron chi connectivity index (χ3n) is 3.43. The molecule has 2 rings (SSSR count). The Bertz CT molecular complexity index is 204. The van der Waals surface area contributed by atoms with Crippen LogP contribution in [0.1, 0.15) is 38.5 Å². The van der Waals surface area contributed by atoms with E-state index in [2.05, 4.69) is 0 Å². The van der Waals surface area contributed by atoms with Crippen LogP contribution in [-0.4, -0.2) is 36.3 Å². The van der Waals surface area contributed by atoms with E-state index in [4.69, 9.17) is 20.3 Å². The summed E-state index contributed by atoms with van der Waals surface area (Å²) in [6, 6.07) is -0.101. The molecule has 0 aromatic rings. The fourth-order valence-electron chi connectivity index (χ4n) is 2.48. The molecule has 3 N–H and O–H groups in total. The maximum atomic E-state index is 8.82. The Morgan fingerprint density at radius 2 is 2.07 bits per heavy atom. The van der Waals surface area contributed by atoms with Gasteiger partial charge in [0.1, 0.15) is 0 Å². The van der Waals surface area contributed by atoms with Gasteiger partial charge in [0.2, 0.25) is 0 Å². The molecule has 1 heterocycles. The second-order valence-corrected chi connectivity index (χ2v) is 4.61. The molecule has 0 aromatic carbocycles. The van der Waals surface area contributed by atoms with Gasteiger partial charge in [-0.25, -0.2) is 0 Å². The molecule has 1 saturated heterocycles. The lowest BCUT2D eigenvalue weighted by atomic mass is 9.94. The summed E-state index contributed by atoms with van der Waals surface area (Å²) in [5.74, 6) is -0.337. The van der Waals surface area contributed by atoms with E-state index in [-0.39, 0.29) is 24.5 Å². The summed E-state index contributed by atoms with van der Waals surface area (Å²) >= 11 is 0. The molecular weight excluding hydrogens is 194 g/mol. The molecule has 2 fully saturated rings. The lowest BCUT2D eigenvalue weighted by Crippen LogP contribution is -2.40. The van der Waals surface area contributed by atoms with Gasteiger partial charge in [-0.2, -0.15) is 0 Å². The van der Waals surface area contributed by atoms with Crippen molar-refractivity contribution in [1.82, 2.24) is 0 Å². The zero-order chi connectivity index (χ0) is 10.7. The Morgan fingerprint density at radius 1 is 1.33 bits per heavy atom. The van der Waals surface area contributed by atoms with Gasteiger partial charge >= 0.3 is 0 Å². The molecule has 1 aliphatic heterocycles. The van der Waals surface area contributed by atoms with Gasteiger partial charge in [-0.1, -0.05) is 6.42 Å². The van der Waals surface area contributed by atoms with Gasteiger partial charge in [0.15, 0.2) is 5.79 Å². The van der Waals surface area contributed by atoms with E-state index >= 15 is 0 Å². The van der Waals surface area contributed by atoms with Crippen LogP contribution < -0.4 is 5.73 Å². The van der Waals surface area contributed by atoms with E-state index in [0.29, 0.717) is 13.0 Å². The van der Waals surface area contributed by atoms with Gasteiger partial charge in [-0.3, -0.25) is 0 Å². The van der Waals surface area contributed by atoms with E-state index in [9.17, 15) is 0 Å². The maximum Gasteiger partial charge on any atom is 0.168 e. The van der Waals surface area contributed by atoms with Crippen molar-refractivity contribution in [3.8, 4) is 0 Å². The monoisotopic (exact) mass is 215 g/mol. The minimum Gasteiger partial charge on any atom is -0.396 e. The summed E-state index contributed by atoms with van der Waals surface area (Å²) in [5.41, 5.74) is 5.91. The molecule has 88 valence electrons. The van der Waals surface area contributed by atoms with Crippen molar-refractivity contribution in [3.05, 3.63) is 0 Å². The molecule has 1 aliphatic carbocycles. The Balaban J connectivity index is 1.87. The zero-order valence-electron chi connectivity index (χ0n) is 9.15. The average molecular weight is 215 g/mol. The highest BCUT2D eigenvalue weighted by Crippen LogP contribution is 2.38. The lowest BCUT2D eigenvalue weighted by molar-refractivity contribution is -0.188. The highest BCUT2D eigenvalue weighted by Gasteiger charge is 2.43. The Morgan fingerprint density at radius 3 is 2.73 bits per heavy atom. The Kier molecular flexibility index (Phi) is 3.61. The highest BCUT2D eigenvalue weighted by atomic mass is 16.7. The molecular formula is C11H21NO3. The molecule has 0 amide bonds. The number of nitrogens with two attached hydrogens (primary N) is 1. The SMILES string of the molecule is N[C@H](CCO)[C@H]1COC2(CCCCC2)O1. The average Bonchev–Trinajstić information content (AvgIpc) is 2.64. The van der Waals surface area contributed by atoms with E-state index in [1.165, 1.54) is 19.3 Å². The van der Waals surface area contributed by atoms with Crippen LogP contribution in [0.3, 0.4) is 0 Å². The first-order chi connectivity index (χ1) is 7.26. The smallest absolute Gasteiger partial charge is 0.168 e. The van der Waals surface area contributed by atoms with Gasteiger partial charge in [0.25, 0.3) is 0 Å². The molecule has 4 nitrogen and oxygen atoms in total. The minimum atomic E-state index is -0.337. The van der Waals surface area contributed by atoms with Crippen molar-refractivity contribution in [2.24, 2.45) is 5.73 Å². The standard InChI is InChI=1S/C11H21NO3/c12-9(4-7-13)10-8-14-11(15-10)5-2-1-3-6-11/h9-10,13H,1-8,12H2/t9-,10-/m1/s1. The van der Waals surface area contributed by atoms with E-state index in [1.54, 1.807) is 0 Å². The first-order valence-corrected chi connectivity index (χ1v) is 5.94. The summed E-state index contributed by atoms with van der Waals surface area (Å²) in [6.07, 6.45) is 6.19. The van der Waals surface area contributed by atoms with Crippen LogP contribution in [-0.2, 0) is 9.47 Å². The summed E-state index contributed by atoms with van der Waals surface area (Å²) < 4.78 is 11.7. The molecule has 2 atom stereocenters. The predicted molar refractivity (Wildman–Crippen MR) is 56.3 cm³/mol. The van der Waals surface area contributed by atoms with Crippen molar-refractivity contribution < 1.29 is 14.6 Å². The van der Waals surface area contributed by atoms with Crippen molar-refractivity contribution in [2.75, 3.05) is 13.2 Å². The second-order valence-electron chi connectivity index (χ2n) is 4.61. The van der Waals surface area contributed by atoms with Gasteiger partial charge in [0, 0.05) is 25.5 Å². The fourth-order valence-corrected chi connectivity index (χ4v) is 2.48. The van der Waals surface area contributed by atoms with Gasteiger partial charge in [0.05, 0.1) is 12.7 Å². The third kappa shape index (κ3) is 2.50. The molecule has 2 aliphatic rings. The number of aliphatic hydroxyl groups is 1. The van der Waals surface area contributed by atoms with E-state index in [1.807, 2.05) is 0 Å². The fraction of sp³-hybridized carbons (Fsp3) is 1.00. The van der Waals surface area contributed by atoms with Crippen LogP contribution in [0.5, 0.6) is 0 Å². The number of aliphatic hydroxyl groups excluding tert-OH is 1. The van der Waals surface area contributed by atoms with Crippen LogP contribution >= 0.6 is 0 Å². The number of ether oxygens (including phenoxy) is 2. The van der Waals surface area contributed by atoms with Crippen LogP contribution in [0.2, 0.25) is 0 Å².